The second-order valence-corrected chi connectivity index (χ2v) is 6.60. The van der Waals surface area contributed by atoms with Crippen LogP contribution in [-0.4, -0.2) is 62.5 Å². The molecule has 1 aromatic rings. The fourth-order valence-electron chi connectivity index (χ4n) is 3.40. The first-order chi connectivity index (χ1) is 13.2. The van der Waals surface area contributed by atoms with Crippen LogP contribution in [0.4, 0.5) is 8.78 Å². The van der Waals surface area contributed by atoms with Crippen molar-refractivity contribution in [1.29, 1.82) is 0 Å². The summed E-state index contributed by atoms with van der Waals surface area (Å²) in [7, 11) is 0. The minimum Gasteiger partial charge on any atom is -0.435 e. The maximum absolute atomic E-state index is 12.4. The normalized spacial score (nSPS) is 23.7. The van der Waals surface area contributed by atoms with E-state index in [0.717, 1.165) is 50.6 Å². The van der Waals surface area contributed by atoms with Crippen LogP contribution in [0.5, 0.6) is 5.75 Å². The second-order valence-electron chi connectivity index (χ2n) is 6.60. The Bertz CT molecular complexity index is 624. The number of benzene rings is 1. The van der Waals surface area contributed by atoms with Gasteiger partial charge in [0.1, 0.15) is 11.9 Å². The Kier molecular flexibility index (Phi) is 7.23. The first-order valence-corrected chi connectivity index (χ1v) is 9.46. The van der Waals surface area contributed by atoms with Gasteiger partial charge in [-0.2, -0.15) is 8.78 Å². The number of hydrogen-bond donors (Lipinski definition) is 1. The summed E-state index contributed by atoms with van der Waals surface area (Å²) < 4.78 is 40.9. The van der Waals surface area contributed by atoms with E-state index in [9.17, 15) is 8.78 Å². The van der Waals surface area contributed by atoms with Crippen molar-refractivity contribution in [3.05, 3.63) is 29.8 Å². The second kappa shape index (κ2) is 9.85. The van der Waals surface area contributed by atoms with Crippen molar-refractivity contribution in [2.75, 3.05) is 32.8 Å². The van der Waals surface area contributed by atoms with Crippen molar-refractivity contribution in [2.45, 2.75) is 45.1 Å². The van der Waals surface area contributed by atoms with Crippen LogP contribution in [0, 0.1) is 0 Å². The van der Waals surface area contributed by atoms with Gasteiger partial charge < -0.3 is 24.4 Å². The number of hydrogen-bond acceptors (Lipinski definition) is 4. The van der Waals surface area contributed by atoms with Crippen molar-refractivity contribution < 1.29 is 23.0 Å². The number of ether oxygens (including phenoxy) is 3. The summed E-state index contributed by atoms with van der Waals surface area (Å²) in [4.78, 5) is 6.86. The number of alkyl halides is 2. The van der Waals surface area contributed by atoms with Crippen LogP contribution in [0.1, 0.15) is 25.3 Å². The molecule has 0 aliphatic carbocycles. The number of aliphatic imine (C=N–C) groups is 1. The van der Waals surface area contributed by atoms with Crippen LogP contribution in [0.3, 0.4) is 0 Å². The Labute approximate surface area is 158 Å². The summed E-state index contributed by atoms with van der Waals surface area (Å²) in [6, 6.07) is 6.64. The van der Waals surface area contributed by atoms with E-state index in [0.29, 0.717) is 13.2 Å². The molecule has 2 saturated heterocycles. The zero-order chi connectivity index (χ0) is 19.1. The zero-order valence-electron chi connectivity index (χ0n) is 15.6. The number of nitrogens with zero attached hydrogens (tertiary/aromatic N) is 2. The van der Waals surface area contributed by atoms with Gasteiger partial charge in [0.25, 0.3) is 0 Å². The van der Waals surface area contributed by atoms with Gasteiger partial charge in [-0.15, -0.1) is 0 Å². The van der Waals surface area contributed by atoms with Crippen molar-refractivity contribution in [3.63, 3.8) is 0 Å². The van der Waals surface area contributed by atoms with Crippen LogP contribution in [0.25, 0.3) is 0 Å². The standard InChI is InChI=1S/C19H27F2N3O3/c1-2-22-19(23-12-14-5-3-6-15(11-14)27-18(20)21)24-8-10-26-17(13-24)16-7-4-9-25-16/h3,5-6,11,16-18H,2,4,7-10,12-13H2,1H3,(H,22,23). The van der Waals surface area contributed by atoms with E-state index in [1.165, 1.54) is 6.07 Å². The number of halogens is 2. The number of guanidine groups is 1. The molecule has 2 unspecified atom stereocenters. The summed E-state index contributed by atoms with van der Waals surface area (Å²) in [5, 5.41) is 3.31. The quantitative estimate of drug-likeness (QED) is 0.605. The van der Waals surface area contributed by atoms with Crippen molar-refractivity contribution in [3.8, 4) is 5.75 Å². The monoisotopic (exact) mass is 383 g/mol. The zero-order valence-corrected chi connectivity index (χ0v) is 15.6. The van der Waals surface area contributed by atoms with Crippen LogP contribution in [0.2, 0.25) is 0 Å². The van der Waals surface area contributed by atoms with E-state index in [-0.39, 0.29) is 18.0 Å². The Balaban J connectivity index is 1.65. The van der Waals surface area contributed by atoms with Crippen molar-refractivity contribution in [1.82, 2.24) is 10.2 Å². The molecule has 27 heavy (non-hydrogen) atoms. The summed E-state index contributed by atoms with van der Waals surface area (Å²) in [5.74, 6) is 0.941. The lowest BCUT2D eigenvalue weighted by atomic mass is 10.1. The van der Waals surface area contributed by atoms with Gasteiger partial charge >= 0.3 is 6.61 Å². The van der Waals surface area contributed by atoms with E-state index in [4.69, 9.17) is 9.47 Å². The van der Waals surface area contributed by atoms with Gasteiger partial charge in [-0.1, -0.05) is 12.1 Å². The predicted molar refractivity (Wildman–Crippen MR) is 98.2 cm³/mol. The molecule has 3 rings (SSSR count). The molecule has 0 saturated carbocycles. The molecule has 2 atom stereocenters. The smallest absolute Gasteiger partial charge is 0.387 e. The molecule has 0 spiro atoms. The van der Waals surface area contributed by atoms with Crippen LogP contribution in [-0.2, 0) is 16.0 Å². The summed E-state index contributed by atoms with van der Waals surface area (Å²) >= 11 is 0. The Morgan fingerprint density at radius 3 is 2.93 bits per heavy atom. The first-order valence-electron chi connectivity index (χ1n) is 9.46. The number of nitrogens with one attached hydrogen (secondary N) is 1. The SMILES string of the molecule is CCNC(=NCc1cccc(OC(F)F)c1)N1CCOC(C2CCCO2)C1. The third-order valence-corrected chi connectivity index (χ3v) is 4.64. The first kappa shape index (κ1) is 19.8. The molecule has 2 heterocycles. The summed E-state index contributed by atoms with van der Waals surface area (Å²) in [6.45, 7) is 3.23. The van der Waals surface area contributed by atoms with Crippen LogP contribution >= 0.6 is 0 Å². The van der Waals surface area contributed by atoms with Gasteiger partial charge in [0.2, 0.25) is 0 Å². The molecule has 0 amide bonds. The Morgan fingerprint density at radius 2 is 2.19 bits per heavy atom. The molecule has 0 bridgehead atoms. The van der Waals surface area contributed by atoms with Gasteiger partial charge in [0, 0.05) is 26.2 Å². The maximum Gasteiger partial charge on any atom is 0.387 e. The van der Waals surface area contributed by atoms with Crippen molar-refractivity contribution >= 4 is 5.96 Å². The molecule has 2 fully saturated rings. The minimum atomic E-state index is -2.83. The molecule has 1 aromatic carbocycles. The third kappa shape index (κ3) is 5.77. The van der Waals surface area contributed by atoms with E-state index in [1.807, 2.05) is 13.0 Å². The molecule has 150 valence electrons. The number of rotatable bonds is 6. The summed E-state index contributed by atoms with van der Waals surface area (Å²) in [5.41, 5.74) is 0.812. The average Bonchev–Trinajstić information content (AvgIpc) is 3.20. The fraction of sp³-hybridized carbons (Fsp3) is 0.632. The molecular weight excluding hydrogens is 356 g/mol. The molecule has 0 radical (unpaired) electrons. The predicted octanol–water partition coefficient (Wildman–Crippen LogP) is 2.63. The highest BCUT2D eigenvalue weighted by Gasteiger charge is 2.32. The fourth-order valence-corrected chi connectivity index (χ4v) is 3.40. The highest BCUT2D eigenvalue weighted by Crippen LogP contribution is 2.21. The number of morpholine rings is 1. The highest BCUT2D eigenvalue weighted by atomic mass is 19.3. The highest BCUT2D eigenvalue weighted by molar-refractivity contribution is 5.80. The van der Waals surface area contributed by atoms with Gasteiger partial charge in [-0.3, -0.25) is 0 Å². The lowest BCUT2D eigenvalue weighted by Crippen LogP contribution is -2.53. The van der Waals surface area contributed by atoms with Gasteiger partial charge in [0.05, 0.1) is 19.3 Å². The summed E-state index contributed by atoms with van der Waals surface area (Å²) in [6.07, 6.45) is 2.31. The van der Waals surface area contributed by atoms with E-state index in [2.05, 4.69) is 19.9 Å². The molecule has 8 heteroatoms. The maximum atomic E-state index is 12.4. The third-order valence-electron chi connectivity index (χ3n) is 4.64. The lowest BCUT2D eigenvalue weighted by Gasteiger charge is -2.37. The largest absolute Gasteiger partial charge is 0.435 e. The van der Waals surface area contributed by atoms with Crippen LogP contribution in [0.15, 0.2) is 29.3 Å². The average molecular weight is 383 g/mol. The molecule has 1 N–H and O–H groups in total. The Morgan fingerprint density at radius 1 is 1.33 bits per heavy atom. The minimum absolute atomic E-state index is 0.0490. The molecule has 2 aliphatic heterocycles. The van der Waals surface area contributed by atoms with Gasteiger partial charge in [0.15, 0.2) is 5.96 Å². The van der Waals surface area contributed by atoms with E-state index < -0.39 is 6.61 Å². The molecule has 2 aliphatic rings. The lowest BCUT2D eigenvalue weighted by molar-refractivity contribution is -0.0817. The van der Waals surface area contributed by atoms with E-state index >= 15 is 0 Å². The molecular formula is C19H27F2N3O3. The van der Waals surface area contributed by atoms with Gasteiger partial charge in [-0.05, 0) is 37.5 Å². The molecule has 0 aromatic heterocycles. The van der Waals surface area contributed by atoms with Crippen molar-refractivity contribution in [2.24, 2.45) is 4.99 Å². The van der Waals surface area contributed by atoms with Gasteiger partial charge in [-0.25, -0.2) is 4.99 Å². The van der Waals surface area contributed by atoms with Crippen LogP contribution < -0.4 is 10.1 Å². The molecule has 6 nitrogen and oxygen atoms in total. The topological polar surface area (TPSA) is 55.3 Å². The Hall–Kier alpha value is -1.93. The van der Waals surface area contributed by atoms with E-state index in [1.54, 1.807) is 12.1 Å².